The Labute approximate surface area is 211 Å². The Morgan fingerprint density at radius 2 is 1.75 bits per heavy atom. The van der Waals surface area contributed by atoms with Crippen LogP contribution < -0.4 is 5.32 Å². The van der Waals surface area contributed by atoms with Gasteiger partial charge in [0.05, 0.1) is 23.3 Å². The van der Waals surface area contributed by atoms with Gasteiger partial charge in [-0.1, -0.05) is 48.2 Å². The van der Waals surface area contributed by atoms with Crippen LogP contribution in [-0.4, -0.2) is 41.6 Å². The van der Waals surface area contributed by atoms with Crippen molar-refractivity contribution in [3.8, 4) is 22.5 Å². The van der Waals surface area contributed by atoms with E-state index in [9.17, 15) is 9.18 Å². The number of aryl methyl sites for hydroxylation is 1. The average Bonchev–Trinajstić information content (AvgIpc) is 3.54. The van der Waals surface area contributed by atoms with Crippen molar-refractivity contribution in [2.45, 2.75) is 19.0 Å². The first kappa shape index (κ1) is 23.4. The smallest absolute Gasteiger partial charge is 0.236 e. The summed E-state index contributed by atoms with van der Waals surface area (Å²) in [6.07, 6.45) is 1.61. The summed E-state index contributed by atoms with van der Waals surface area (Å²) in [4.78, 5) is 12.8. The number of thioether (sulfide) groups is 1. The van der Waals surface area contributed by atoms with Crippen molar-refractivity contribution in [1.82, 2.24) is 30.0 Å². The second kappa shape index (κ2) is 10.1. The highest BCUT2D eigenvalue weighted by Gasteiger charge is 2.15. The molecule has 5 aromatic rings. The maximum Gasteiger partial charge on any atom is 0.236 e. The number of hydrogen-bond acceptors (Lipinski definition) is 6. The molecule has 0 saturated heterocycles. The Kier molecular flexibility index (Phi) is 6.59. The first-order chi connectivity index (χ1) is 17.5. The van der Waals surface area contributed by atoms with E-state index in [2.05, 4.69) is 25.9 Å². The predicted octanol–water partition coefficient (Wildman–Crippen LogP) is 5.00. The van der Waals surface area contributed by atoms with Gasteiger partial charge in [-0.05, 0) is 76.9 Å². The summed E-state index contributed by atoms with van der Waals surface area (Å²) in [5.74, 6) is 0.107. The molecule has 1 N–H and O–H groups in total. The Bertz CT molecular complexity index is 1540. The third kappa shape index (κ3) is 4.89. The standard InChI is InChI=1S/C26H22FN7OS/c1-17-6-3-11-23(18(17)2)34-26(30-31-32-34)36-16-25(35)29-24-12-13-28-33(24)22-10-5-8-20(15-22)19-7-4-9-21(27)14-19/h3-15H,16H2,1-2H3,(H,29,35). The molecular formula is C26H22FN7OS. The molecule has 0 aliphatic rings. The van der Waals surface area contributed by atoms with Crippen molar-refractivity contribution in [1.29, 1.82) is 0 Å². The van der Waals surface area contributed by atoms with Gasteiger partial charge < -0.3 is 5.32 Å². The van der Waals surface area contributed by atoms with E-state index >= 15 is 0 Å². The van der Waals surface area contributed by atoms with E-state index in [1.54, 1.807) is 27.7 Å². The molecule has 0 fully saturated rings. The monoisotopic (exact) mass is 499 g/mol. The number of carbonyl (C=O) groups excluding carboxylic acids is 1. The highest BCUT2D eigenvalue weighted by Crippen LogP contribution is 2.25. The van der Waals surface area contributed by atoms with Gasteiger partial charge >= 0.3 is 0 Å². The maximum atomic E-state index is 13.7. The van der Waals surface area contributed by atoms with E-state index in [-0.39, 0.29) is 17.5 Å². The summed E-state index contributed by atoms with van der Waals surface area (Å²) >= 11 is 1.25. The van der Waals surface area contributed by atoms with E-state index in [4.69, 9.17) is 0 Å². The molecule has 2 heterocycles. The van der Waals surface area contributed by atoms with E-state index in [1.807, 2.05) is 62.4 Å². The van der Waals surface area contributed by atoms with Gasteiger partial charge in [-0.15, -0.1) is 5.10 Å². The van der Waals surface area contributed by atoms with Gasteiger partial charge in [0.15, 0.2) is 0 Å². The molecule has 2 aromatic heterocycles. The fourth-order valence-corrected chi connectivity index (χ4v) is 4.47. The van der Waals surface area contributed by atoms with Crippen LogP contribution in [0.25, 0.3) is 22.5 Å². The summed E-state index contributed by atoms with van der Waals surface area (Å²) in [5.41, 5.74) is 5.41. The molecule has 0 saturated carbocycles. The van der Waals surface area contributed by atoms with E-state index in [1.165, 1.54) is 23.9 Å². The zero-order chi connectivity index (χ0) is 25.1. The number of hydrogen-bond donors (Lipinski definition) is 1. The van der Waals surface area contributed by atoms with E-state index in [0.29, 0.717) is 11.0 Å². The molecule has 0 aliphatic carbocycles. The van der Waals surface area contributed by atoms with Crippen LogP contribution in [0.3, 0.4) is 0 Å². The molecule has 0 unspecified atom stereocenters. The van der Waals surface area contributed by atoms with E-state index in [0.717, 1.165) is 33.6 Å². The van der Waals surface area contributed by atoms with Crippen LogP contribution in [0.4, 0.5) is 10.2 Å². The third-order valence-electron chi connectivity index (χ3n) is 5.74. The summed E-state index contributed by atoms with van der Waals surface area (Å²) in [7, 11) is 0. The van der Waals surface area contributed by atoms with Gasteiger partial charge in [-0.25, -0.2) is 9.07 Å². The van der Waals surface area contributed by atoms with Crippen molar-refractivity contribution >= 4 is 23.5 Å². The number of tetrazole rings is 1. The van der Waals surface area contributed by atoms with Crippen LogP contribution in [0.1, 0.15) is 11.1 Å². The number of benzene rings is 3. The topological polar surface area (TPSA) is 90.5 Å². The van der Waals surface area contributed by atoms with Crippen LogP contribution in [-0.2, 0) is 4.79 Å². The lowest BCUT2D eigenvalue weighted by atomic mass is 10.1. The minimum Gasteiger partial charge on any atom is -0.310 e. The molecule has 0 aliphatic heterocycles. The Balaban J connectivity index is 1.30. The predicted molar refractivity (Wildman–Crippen MR) is 137 cm³/mol. The van der Waals surface area contributed by atoms with Crippen molar-refractivity contribution in [2.24, 2.45) is 0 Å². The second-order valence-electron chi connectivity index (χ2n) is 8.12. The minimum absolute atomic E-state index is 0.111. The first-order valence-electron chi connectivity index (χ1n) is 11.2. The number of aromatic nitrogens is 6. The van der Waals surface area contributed by atoms with Crippen LogP contribution >= 0.6 is 11.8 Å². The van der Waals surface area contributed by atoms with Gasteiger partial charge in [0.2, 0.25) is 11.1 Å². The number of rotatable bonds is 7. The van der Waals surface area contributed by atoms with Gasteiger partial charge in [0.1, 0.15) is 11.6 Å². The lowest BCUT2D eigenvalue weighted by molar-refractivity contribution is -0.113. The molecule has 1 amide bonds. The molecule has 0 spiro atoms. The molecule has 8 nitrogen and oxygen atoms in total. The summed E-state index contributed by atoms with van der Waals surface area (Å²) < 4.78 is 17.0. The molecule has 180 valence electrons. The number of carbonyl (C=O) groups is 1. The number of nitrogens with zero attached hydrogens (tertiary/aromatic N) is 6. The van der Waals surface area contributed by atoms with Crippen molar-refractivity contribution < 1.29 is 9.18 Å². The van der Waals surface area contributed by atoms with Gasteiger partial charge in [0, 0.05) is 6.07 Å². The number of anilines is 1. The molecule has 0 atom stereocenters. The number of amides is 1. The van der Waals surface area contributed by atoms with Gasteiger partial charge in [-0.3, -0.25) is 4.79 Å². The lowest BCUT2D eigenvalue weighted by Gasteiger charge is -2.11. The first-order valence-corrected chi connectivity index (χ1v) is 12.2. The number of halogens is 1. The third-order valence-corrected chi connectivity index (χ3v) is 6.66. The van der Waals surface area contributed by atoms with Crippen molar-refractivity contribution in [3.63, 3.8) is 0 Å². The van der Waals surface area contributed by atoms with E-state index < -0.39 is 0 Å². The van der Waals surface area contributed by atoms with Crippen LogP contribution in [0, 0.1) is 19.7 Å². The highest BCUT2D eigenvalue weighted by molar-refractivity contribution is 7.99. The lowest BCUT2D eigenvalue weighted by Crippen LogP contribution is -2.17. The normalized spacial score (nSPS) is 11.0. The Morgan fingerprint density at radius 3 is 2.58 bits per heavy atom. The highest BCUT2D eigenvalue weighted by atomic mass is 32.2. The van der Waals surface area contributed by atoms with Crippen LogP contribution in [0.5, 0.6) is 0 Å². The van der Waals surface area contributed by atoms with Crippen molar-refractivity contribution in [2.75, 3.05) is 11.1 Å². The van der Waals surface area contributed by atoms with Gasteiger partial charge in [-0.2, -0.15) is 9.78 Å². The molecule has 3 aromatic carbocycles. The van der Waals surface area contributed by atoms with Crippen LogP contribution in [0.2, 0.25) is 0 Å². The van der Waals surface area contributed by atoms with Gasteiger partial charge in [0.25, 0.3) is 0 Å². The molecule has 10 heteroatoms. The molecular weight excluding hydrogens is 477 g/mol. The van der Waals surface area contributed by atoms with Crippen LogP contribution in [0.15, 0.2) is 84.1 Å². The van der Waals surface area contributed by atoms with Crippen molar-refractivity contribution in [3.05, 3.63) is 95.9 Å². The number of nitrogens with one attached hydrogen (secondary N) is 1. The maximum absolute atomic E-state index is 13.7. The minimum atomic E-state index is -0.300. The summed E-state index contributed by atoms with van der Waals surface area (Å²) in [5, 5.41) is 19.8. The largest absolute Gasteiger partial charge is 0.310 e. The summed E-state index contributed by atoms with van der Waals surface area (Å²) in [6.45, 7) is 4.04. The molecule has 36 heavy (non-hydrogen) atoms. The molecule has 0 radical (unpaired) electrons. The fourth-order valence-electron chi connectivity index (χ4n) is 3.78. The SMILES string of the molecule is Cc1cccc(-n2nnnc2SCC(=O)Nc2ccnn2-c2cccc(-c3cccc(F)c3)c2)c1C. The molecule has 0 bridgehead atoms. The molecule has 5 rings (SSSR count). The summed E-state index contributed by atoms with van der Waals surface area (Å²) in [6, 6.07) is 21.6. The quantitative estimate of drug-likeness (QED) is 0.317. The zero-order valence-electron chi connectivity index (χ0n) is 19.6. The Hall–Kier alpha value is -4.31. The second-order valence-corrected chi connectivity index (χ2v) is 9.06. The zero-order valence-corrected chi connectivity index (χ0v) is 20.4. The fraction of sp³-hybridized carbons (Fsp3) is 0.115. The Morgan fingerprint density at radius 1 is 0.972 bits per heavy atom. The average molecular weight is 500 g/mol.